The van der Waals surface area contributed by atoms with E-state index in [1.54, 1.807) is 0 Å². The molecule has 1 aromatic rings. The van der Waals surface area contributed by atoms with Crippen LogP contribution in [0.25, 0.3) is 0 Å². The van der Waals surface area contributed by atoms with Gasteiger partial charge in [-0.25, -0.2) is 0 Å². The summed E-state index contributed by atoms with van der Waals surface area (Å²) in [5, 5.41) is 0. The topological polar surface area (TPSA) is 29.3 Å². The van der Waals surface area contributed by atoms with E-state index in [2.05, 4.69) is 37.8 Å². The van der Waals surface area contributed by atoms with Crippen molar-refractivity contribution >= 4 is 5.69 Å². The van der Waals surface area contributed by atoms with Gasteiger partial charge in [0.25, 0.3) is 0 Å². The molecule has 0 spiro atoms. The van der Waals surface area contributed by atoms with E-state index in [9.17, 15) is 0 Å². The molecule has 0 saturated carbocycles. The van der Waals surface area contributed by atoms with Crippen LogP contribution in [0.2, 0.25) is 0 Å². The van der Waals surface area contributed by atoms with Crippen molar-refractivity contribution in [1.29, 1.82) is 0 Å². The molecule has 18 heavy (non-hydrogen) atoms. The van der Waals surface area contributed by atoms with Crippen LogP contribution in [0, 0.1) is 0 Å². The average molecular weight is 248 g/mol. The summed E-state index contributed by atoms with van der Waals surface area (Å²) in [6.45, 7) is 9.04. The van der Waals surface area contributed by atoms with Gasteiger partial charge in [-0.3, -0.25) is 4.90 Å². The Kier molecular flexibility index (Phi) is 6.81. The van der Waals surface area contributed by atoms with Crippen LogP contribution in [0.15, 0.2) is 24.3 Å². The van der Waals surface area contributed by atoms with Crippen molar-refractivity contribution in [1.82, 2.24) is 4.90 Å². The molecular weight excluding hydrogens is 220 g/mol. The first-order valence-electron chi connectivity index (χ1n) is 7.22. The number of unbranched alkanes of at least 4 members (excludes halogenated alkanes) is 3. The fraction of sp³-hybridized carbons (Fsp3) is 0.625. The van der Waals surface area contributed by atoms with Gasteiger partial charge in [0.15, 0.2) is 0 Å². The van der Waals surface area contributed by atoms with Gasteiger partial charge >= 0.3 is 0 Å². The molecule has 102 valence electrons. The van der Waals surface area contributed by atoms with Gasteiger partial charge in [-0.2, -0.15) is 0 Å². The Bertz CT molecular complexity index is 316. The van der Waals surface area contributed by atoms with E-state index in [1.807, 2.05) is 12.1 Å². The van der Waals surface area contributed by atoms with Crippen molar-refractivity contribution in [3.63, 3.8) is 0 Å². The smallest absolute Gasteiger partial charge is 0.0314 e. The Labute approximate surface area is 112 Å². The Morgan fingerprint density at radius 1 is 1.06 bits per heavy atom. The minimum absolute atomic E-state index is 0.601. The van der Waals surface area contributed by atoms with Crippen LogP contribution in [0.4, 0.5) is 5.69 Å². The quantitative estimate of drug-likeness (QED) is 0.555. The van der Waals surface area contributed by atoms with Crippen molar-refractivity contribution < 1.29 is 0 Å². The van der Waals surface area contributed by atoms with Crippen LogP contribution in [-0.2, 0) is 6.54 Å². The third-order valence-electron chi connectivity index (χ3n) is 3.39. The minimum atomic E-state index is 0.601. The highest BCUT2D eigenvalue weighted by Crippen LogP contribution is 2.12. The van der Waals surface area contributed by atoms with E-state index in [1.165, 1.54) is 37.8 Å². The third-order valence-corrected chi connectivity index (χ3v) is 3.39. The lowest BCUT2D eigenvalue weighted by molar-refractivity contribution is 0.208. The summed E-state index contributed by atoms with van der Waals surface area (Å²) >= 11 is 0. The van der Waals surface area contributed by atoms with Gasteiger partial charge in [0.1, 0.15) is 0 Å². The summed E-state index contributed by atoms with van der Waals surface area (Å²) in [6, 6.07) is 8.85. The Hall–Kier alpha value is -1.02. The lowest BCUT2D eigenvalue weighted by Gasteiger charge is -2.26. The van der Waals surface area contributed by atoms with Crippen LogP contribution in [0.3, 0.4) is 0 Å². The molecule has 0 amide bonds. The summed E-state index contributed by atoms with van der Waals surface area (Å²) in [5.74, 6) is 0. The number of nitrogens with zero attached hydrogens (tertiary/aromatic N) is 1. The maximum Gasteiger partial charge on any atom is 0.0314 e. The molecule has 0 saturated heterocycles. The van der Waals surface area contributed by atoms with Gasteiger partial charge in [-0.05, 0) is 44.5 Å². The molecule has 0 bridgehead atoms. The monoisotopic (exact) mass is 248 g/mol. The zero-order valence-electron chi connectivity index (χ0n) is 12.2. The number of nitrogen functional groups attached to an aromatic ring is 1. The fourth-order valence-corrected chi connectivity index (χ4v) is 2.12. The third kappa shape index (κ3) is 5.54. The molecule has 0 aliphatic heterocycles. The van der Waals surface area contributed by atoms with E-state index < -0.39 is 0 Å². The molecule has 2 nitrogen and oxygen atoms in total. The van der Waals surface area contributed by atoms with Gasteiger partial charge < -0.3 is 5.73 Å². The molecule has 1 aromatic carbocycles. The molecule has 0 aliphatic rings. The van der Waals surface area contributed by atoms with E-state index in [4.69, 9.17) is 5.73 Å². The largest absolute Gasteiger partial charge is 0.399 e. The molecular formula is C16H28N2. The normalized spacial score (nSPS) is 11.4. The number of anilines is 1. The van der Waals surface area contributed by atoms with Crippen molar-refractivity contribution in [3.05, 3.63) is 29.8 Å². The van der Waals surface area contributed by atoms with Crippen LogP contribution >= 0.6 is 0 Å². The molecule has 0 radical (unpaired) electrons. The van der Waals surface area contributed by atoms with Crippen LogP contribution in [-0.4, -0.2) is 17.5 Å². The fourth-order valence-electron chi connectivity index (χ4n) is 2.12. The van der Waals surface area contributed by atoms with Crippen LogP contribution in [0.5, 0.6) is 0 Å². The molecule has 1 rings (SSSR count). The number of nitrogens with two attached hydrogens (primary N) is 1. The SMILES string of the molecule is CCCCCCN(Cc1ccc(N)cc1)C(C)C. The maximum atomic E-state index is 5.72. The van der Waals surface area contributed by atoms with Gasteiger partial charge in [0.2, 0.25) is 0 Å². The van der Waals surface area contributed by atoms with Crippen LogP contribution < -0.4 is 5.73 Å². The number of rotatable bonds is 8. The molecule has 2 N–H and O–H groups in total. The summed E-state index contributed by atoms with van der Waals surface area (Å²) < 4.78 is 0. The summed E-state index contributed by atoms with van der Waals surface area (Å²) in [4.78, 5) is 2.54. The predicted molar refractivity (Wildman–Crippen MR) is 80.5 cm³/mol. The molecule has 0 aliphatic carbocycles. The molecule has 0 unspecified atom stereocenters. The zero-order chi connectivity index (χ0) is 13.4. The summed E-state index contributed by atoms with van der Waals surface area (Å²) in [5.41, 5.74) is 7.92. The first kappa shape index (κ1) is 15.0. The lowest BCUT2D eigenvalue weighted by Crippen LogP contribution is -2.31. The highest BCUT2D eigenvalue weighted by molar-refractivity contribution is 5.39. The molecule has 0 aromatic heterocycles. The Morgan fingerprint density at radius 3 is 2.28 bits per heavy atom. The van der Waals surface area contributed by atoms with E-state index >= 15 is 0 Å². The number of hydrogen-bond donors (Lipinski definition) is 1. The van der Waals surface area contributed by atoms with Crippen molar-refractivity contribution in [2.24, 2.45) is 0 Å². The van der Waals surface area contributed by atoms with Gasteiger partial charge in [-0.15, -0.1) is 0 Å². The number of hydrogen-bond acceptors (Lipinski definition) is 2. The molecule has 0 fully saturated rings. The zero-order valence-corrected chi connectivity index (χ0v) is 12.2. The number of benzene rings is 1. The van der Waals surface area contributed by atoms with Crippen LogP contribution in [0.1, 0.15) is 52.0 Å². The minimum Gasteiger partial charge on any atom is -0.399 e. The van der Waals surface area contributed by atoms with Gasteiger partial charge in [0.05, 0.1) is 0 Å². The average Bonchev–Trinajstić information content (AvgIpc) is 2.35. The maximum absolute atomic E-state index is 5.72. The van der Waals surface area contributed by atoms with E-state index in [0.717, 1.165) is 12.2 Å². The molecule has 0 atom stereocenters. The van der Waals surface area contributed by atoms with Crippen molar-refractivity contribution in [2.75, 3.05) is 12.3 Å². The first-order chi connectivity index (χ1) is 8.63. The first-order valence-corrected chi connectivity index (χ1v) is 7.22. The van der Waals surface area contributed by atoms with Gasteiger partial charge in [-0.1, -0.05) is 38.3 Å². The highest BCUT2D eigenvalue weighted by atomic mass is 15.1. The Balaban J connectivity index is 2.44. The lowest BCUT2D eigenvalue weighted by atomic mass is 10.1. The summed E-state index contributed by atoms with van der Waals surface area (Å²) in [6.07, 6.45) is 5.32. The molecule has 2 heteroatoms. The second-order valence-electron chi connectivity index (χ2n) is 5.37. The molecule has 0 heterocycles. The predicted octanol–water partition coefficient (Wildman–Crippen LogP) is 4.06. The van der Waals surface area contributed by atoms with Crippen molar-refractivity contribution in [2.45, 2.75) is 59.0 Å². The Morgan fingerprint density at radius 2 is 1.72 bits per heavy atom. The second kappa shape index (κ2) is 8.15. The van der Waals surface area contributed by atoms with E-state index in [0.29, 0.717) is 6.04 Å². The highest BCUT2D eigenvalue weighted by Gasteiger charge is 2.09. The standard InChI is InChI=1S/C16H28N2/c1-4-5-6-7-12-18(14(2)3)13-15-8-10-16(17)11-9-15/h8-11,14H,4-7,12-13,17H2,1-3H3. The van der Waals surface area contributed by atoms with Gasteiger partial charge in [0, 0.05) is 18.3 Å². The second-order valence-corrected chi connectivity index (χ2v) is 5.37. The summed E-state index contributed by atoms with van der Waals surface area (Å²) in [7, 11) is 0. The van der Waals surface area contributed by atoms with E-state index in [-0.39, 0.29) is 0 Å². The van der Waals surface area contributed by atoms with Crippen molar-refractivity contribution in [3.8, 4) is 0 Å².